The van der Waals surface area contributed by atoms with E-state index in [4.69, 9.17) is 10.8 Å². The van der Waals surface area contributed by atoms with Crippen LogP contribution in [-0.4, -0.2) is 42.2 Å². The third-order valence-electron chi connectivity index (χ3n) is 1.44. The standard InChI is InChI=1S/C7H16N2O2S/c1-12-5-2-6(7(10)11)9-4-3-8/h6,9H,2-5,8H2,1H3,(H,10,11)/t6-/m0/s1. The second-order valence-electron chi connectivity index (χ2n) is 2.42. The molecule has 0 saturated carbocycles. The van der Waals surface area contributed by atoms with Crippen molar-refractivity contribution in [3.63, 3.8) is 0 Å². The van der Waals surface area contributed by atoms with E-state index in [0.29, 0.717) is 19.5 Å². The van der Waals surface area contributed by atoms with Crippen LogP contribution in [0.3, 0.4) is 0 Å². The molecular formula is C7H16N2O2S. The number of carboxylic acids is 1. The number of hydrogen-bond donors (Lipinski definition) is 3. The number of hydrogen-bond acceptors (Lipinski definition) is 4. The lowest BCUT2D eigenvalue weighted by molar-refractivity contribution is -0.139. The largest absolute Gasteiger partial charge is 0.480 e. The summed E-state index contributed by atoms with van der Waals surface area (Å²) in [6.45, 7) is 1.04. The molecule has 1 atom stereocenters. The zero-order chi connectivity index (χ0) is 9.40. The van der Waals surface area contributed by atoms with E-state index >= 15 is 0 Å². The molecule has 0 unspecified atom stereocenters. The molecule has 0 spiro atoms. The maximum Gasteiger partial charge on any atom is 0.320 e. The van der Waals surface area contributed by atoms with Gasteiger partial charge in [-0.2, -0.15) is 11.8 Å². The summed E-state index contributed by atoms with van der Waals surface area (Å²) in [6, 6.07) is -0.444. The van der Waals surface area contributed by atoms with Crippen LogP contribution in [0.1, 0.15) is 6.42 Å². The molecule has 0 aliphatic carbocycles. The molecule has 4 nitrogen and oxygen atoms in total. The van der Waals surface area contributed by atoms with E-state index in [1.807, 2.05) is 6.26 Å². The predicted molar refractivity (Wildman–Crippen MR) is 51.5 cm³/mol. The van der Waals surface area contributed by atoms with Crippen LogP contribution in [0.4, 0.5) is 0 Å². The Balaban J connectivity index is 3.62. The Morgan fingerprint density at radius 2 is 2.42 bits per heavy atom. The summed E-state index contributed by atoms with van der Waals surface area (Å²) in [4.78, 5) is 10.6. The maximum atomic E-state index is 10.6. The van der Waals surface area contributed by atoms with Gasteiger partial charge in [0.2, 0.25) is 0 Å². The average molecular weight is 192 g/mol. The van der Waals surface area contributed by atoms with Gasteiger partial charge in [-0.3, -0.25) is 4.79 Å². The van der Waals surface area contributed by atoms with E-state index in [-0.39, 0.29) is 0 Å². The Labute approximate surface area is 76.9 Å². The third-order valence-corrected chi connectivity index (χ3v) is 2.09. The fourth-order valence-corrected chi connectivity index (χ4v) is 1.28. The van der Waals surface area contributed by atoms with Crippen LogP contribution in [-0.2, 0) is 4.79 Å². The maximum absolute atomic E-state index is 10.6. The van der Waals surface area contributed by atoms with Crippen LogP contribution in [0, 0.1) is 0 Å². The van der Waals surface area contributed by atoms with Crippen molar-refractivity contribution in [1.82, 2.24) is 5.32 Å². The molecule has 0 saturated heterocycles. The van der Waals surface area contributed by atoms with Gasteiger partial charge in [-0.15, -0.1) is 0 Å². The molecule has 4 N–H and O–H groups in total. The molecule has 5 heteroatoms. The summed E-state index contributed by atoms with van der Waals surface area (Å²) in [5.41, 5.74) is 5.24. The molecule has 0 radical (unpaired) electrons. The minimum absolute atomic E-state index is 0.444. The number of aliphatic carboxylic acids is 1. The number of carbonyl (C=O) groups is 1. The first-order valence-electron chi connectivity index (χ1n) is 3.87. The van der Waals surface area contributed by atoms with E-state index in [1.54, 1.807) is 11.8 Å². The lowest BCUT2D eigenvalue weighted by Crippen LogP contribution is -2.39. The van der Waals surface area contributed by atoms with Gasteiger partial charge < -0.3 is 16.2 Å². The van der Waals surface area contributed by atoms with E-state index in [0.717, 1.165) is 5.75 Å². The van der Waals surface area contributed by atoms with Gasteiger partial charge in [-0.25, -0.2) is 0 Å². The zero-order valence-corrected chi connectivity index (χ0v) is 8.06. The highest BCUT2D eigenvalue weighted by molar-refractivity contribution is 7.98. The first kappa shape index (κ1) is 11.7. The highest BCUT2D eigenvalue weighted by Crippen LogP contribution is 2.00. The minimum atomic E-state index is -0.794. The lowest BCUT2D eigenvalue weighted by atomic mass is 10.2. The third kappa shape index (κ3) is 5.40. The van der Waals surface area contributed by atoms with Crippen LogP contribution in [0.25, 0.3) is 0 Å². The van der Waals surface area contributed by atoms with E-state index in [2.05, 4.69) is 5.32 Å². The second kappa shape index (κ2) is 7.39. The normalized spacial score (nSPS) is 12.8. The summed E-state index contributed by atoms with van der Waals surface area (Å²) in [5, 5.41) is 11.6. The Morgan fingerprint density at radius 1 is 1.75 bits per heavy atom. The van der Waals surface area contributed by atoms with Crippen molar-refractivity contribution in [2.45, 2.75) is 12.5 Å². The first-order valence-corrected chi connectivity index (χ1v) is 5.27. The molecule has 12 heavy (non-hydrogen) atoms. The van der Waals surface area contributed by atoms with E-state index in [1.165, 1.54) is 0 Å². The van der Waals surface area contributed by atoms with Crippen LogP contribution < -0.4 is 11.1 Å². The van der Waals surface area contributed by atoms with Crippen molar-refractivity contribution >= 4 is 17.7 Å². The molecule has 0 fully saturated rings. The van der Waals surface area contributed by atoms with E-state index in [9.17, 15) is 4.79 Å². The van der Waals surface area contributed by atoms with Gasteiger partial charge in [0.25, 0.3) is 0 Å². The van der Waals surface area contributed by atoms with Crippen LogP contribution in [0.5, 0.6) is 0 Å². The first-order chi connectivity index (χ1) is 5.72. The number of nitrogens with one attached hydrogen (secondary N) is 1. The minimum Gasteiger partial charge on any atom is -0.480 e. The fourth-order valence-electron chi connectivity index (χ4n) is 0.806. The molecule has 0 aromatic rings. The average Bonchev–Trinajstić information content (AvgIpc) is 2.04. The summed E-state index contributed by atoms with van der Waals surface area (Å²) in [6.07, 6.45) is 2.61. The summed E-state index contributed by atoms with van der Waals surface area (Å²) < 4.78 is 0. The summed E-state index contributed by atoms with van der Waals surface area (Å²) >= 11 is 1.65. The molecule has 0 amide bonds. The second-order valence-corrected chi connectivity index (χ2v) is 3.40. The van der Waals surface area contributed by atoms with Gasteiger partial charge in [0.15, 0.2) is 0 Å². The Hall–Kier alpha value is -0.260. The Bertz CT molecular complexity index is 125. The molecular weight excluding hydrogens is 176 g/mol. The van der Waals surface area contributed by atoms with Crippen molar-refractivity contribution in [1.29, 1.82) is 0 Å². The zero-order valence-electron chi connectivity index (χ0n) is 7.25. The van der Waals surface area contributed by atoms with Gasteiger partial charge in [-0.05, 0) is 18.4 Å². The van der Waals surface area contributed by atoms with Crippen LogP contribution in [0.2, 0.25) is 0 Å². The predicted octanol–water partition coefficient (Wildman–Crippen LogP) is -0.259. The number of thioether (sulfide) groups is 1. The van der Waals surface area contributed by atoms with Crippen molar-refractivity contribution in [3.8, 4) is 0 Å². The smallest absolute Gasteiger partial charge is 0.320 e. The number of carboxylic acid groups (broad SMARTS) is 1. The van der Waals surface area contributed by atoms with Gasteiger partial charge >= 0.3 is 5.97 Å². The van der Waals surface area contributed by atoms with Gasteiger partial charge in [0.1, 0.15) is 6.04 Å². The molecule has 0 rings (SSSR count). The number of nitrogens with two attached hydrogens (primary N) is 1. The molecule has 0 heterocycles. The molecule has 0 aliphatic heterocycles. The monoisotopic (exact) mass is 192 g/mol. The highest BCUT2D eigenvalue weighted by Gasteiger charge is 2.14. The van der Waals surface area contributed by atoms with Crippen LogP contribution >= 0.6 is 11.8 Å². The molecule has 0 bridgehead atoms. The Morgan fingerprint density at radius 3 is 2.83 bits per heavy atom. The quantitative estimate of drug-likeness (QED) is 0.518. The van der Waals surface area contributed by atoms with Gasteiger partial charge in [0.05, 0.1) is 0 Å². The number of rotatable bonds is 7. The van der Waals surface area contributed by atoms with Gasteiger partial charge in [0, 0.05) is 13.1 Å². The van der Waals surface area contributed by atoms with E-state index < -0.39 is 12.0 Å². The molecule has 72 valence electrons. The molecule has 0 aromatic heterocycles. The summed E-state index contributed by atoms with van der Waals surface area (Å²) in [7, 11) is 0. The molecule has 0 aromatic carbocycles. The topological polar surface area (TPSA) is 75.3 Å². The van der Waals surface area contributed by atoms with Crippen LogP contribution in [0.15, 0.2) is 0 Å². The lowest BCUT2D eigenvalue weighted by Gasteiger charge is -2.12. The summed E-state index contributed by atoms with van der Waals surface area (Å²) in [5.74, 6) is 0.0617. The molecule has 0 aliphatic rings. The fraction of sp³-hybridized carbons (Fsp3) is 0.857. The van der Waals surface area contributed by atoms with Crippen molar-refractivity contribution in [2.75, 3.05) is 25.1 Å². The SMILES string of the molecule is CSCC[C@H](NCCN)C(=O)O. The Kier molecular flexibility index (Phi) is 7.23. The van der Waals surface area contributed by atoms with Crippen molar-refractivity contribution in [3.05, 3.63) is 0 Å². The van der Waals surface area contributed by atoms with Gasteiger partial charge in [-0.1, -0.05) is 0 Å². The van der Waals surface area contributed by atoms with Crippen molar-refractivity contribution in [2.24, 2.45) is 5.73 Å². The highest BCUT2D eigenvalue weighted by atomic mass is 32.2. The van der Waals surface area contributed by atoms with Crippen molar-refractivity contribution < 1.29 is 9.90 Å².